The molecule has 0 bridgehead atoms. The van der Waals surface area contributed by atoms with Gasteiger partial charge in [-0.25, -0.2) is 8.42 Å². The molecular weight excluding hydrogens is 319 g/mol. The van der Waals surface area contributed by atoms with Crippen LogP contribution in [0.25, 0.3) is 0 Å². The van der Waals surface area contributed by atoms with Gasteiger partial charge in [-0.15, -0.1) is 0 Å². The minimum Gasteiger partial charge on any atom is -0.746 e. The van der Waals surface area contributed by atoms with Gasteiger partial charge in [-0.05, 0) is 6.92 Å². The summed E-state index contributed by atoms with van der Waals surface area (Å²) in [7, 11) is -4.71. The summed E-state index contributed by atoms with van der Waals surface area (Å²) in [6.07, 6.45) is -0.844. The average Bonchev–Trinajstić information content (AvgIpc) is 2.33. The summed E-state index contributed by atoms with van der Waals surface area (Å²) in [5, 5.41) is 17.2. The quantitative estimate of drug-likeness (QED) is 0.208. The molecule has 0 aliphatic rings. The fraction of sp³-hybridized carbons (Fsp3) is 1.00. The summed E-state index contributed by atoms with van der Waals surface area (Å²) in [5.74, 6) is 0. The number of ether oxygens (including phenoxy) is 3. The Labute approximate surface area is 162 Å². The molecule has 8 nitrogen and oxygen atoms in total. The zero-order chi connectivity index (χ0) is 14.7. The van der Waals surface area contributed by atoms with Gasteiger partial charge in [0.1, 0.15) is 10.1 Å². The predicted octanol–water partition coefficient (Wildman–Crippen LogP) is -4.33. The van der Waals surface area contributed by atoms with E-state index in [9.17, 15) is 13.0 Å². The molecule has 0 amide bonds. The Morgan fingerprint density at radius 1 is 1.10 bits per heavy atom. The first-order valence-corrected chi connectivity index (χ1v) is 7.41. The van der Waals surface area contributed by atoms with E-state index in [-0.39, 0.29) is 90.8 Å². The minimum absolute atomic E-state index is 0. The fourth-order valence-electron chi connectivity index (χ4n) is 1.42. The molecule has 2 N–H and O–H groups in total. The third-order valence-electron chi connectivity index (χ3n) is 2.12. The number of hydrogen-bond donors (Lipinski definition) is 2. The maximum atomic E-state index is 11.1. The van der Waals surface area contributed by atoms with Crippen molar-refractivity contribution in [3.63, 3.8) is 0 Å². The van der Waals surface area contributed by atoms with Gasteiger partial charge < -0.3 is 29.0 Å². The standard InChI is InChI=1S/C10H22O8S.K/c1-2-17-9(3-6-16-7-4-11)10(18-8-5-12)19(13,14)15;/h9-12H,2-8H2,1H3,(H,13,14,15);/q;+1/p-1. The van der Waals surface area contributed by atoms with Crippen LogP contribution in [-0.2, 0) is 24.3 Å². The second-order valence-electron chi connectivity index (χ2n) is 3.57. The fourth-order valence-corrected chi connectivity index (χ4v) is 2.27. The van der Waals surface area contributed by atoms with Crippen LogP contribution in [0.3, 0.4) is 0 Å². The van der Waals surface area contributed by atoms with Crippen molar-refractivity contribution in [1.29, 1.82) is 0 Å². The van der Waals surface area contributed by atoms with Gasteiger partial charge in [0.25, 0.3) is 0 Å². The number of aliphatic hydroxyl groups excluding tert-OH is 2. The summed E-state index contributed by atoms with van der Waals surface area (Å²) in [6, 6.07) is 0. The van der Waals surface area contributed by atoms with Crippen LogP contribution in [-0.4, -0.2) is 74.4 Å². The van der Waals surface area contributed by atoms with Crippen molar-refractivity contribution in [2.45, 2.75) is 24.9 Å². The predicted molar refractivity (Wildman–Crippen MR) is 64.5 cm³/mol. The van der Waals surface area contributed by atoms with Crippen LogP contribution >= 0.6 is 0 Å². The van der Waals surface area contributed by atoms with E-state index in [1.54, 1.807) is 6.92 Å². The molecule has 116 valence electrons. The molecular formula is C10H21KO8S. The maximum Gasteiger partial charge on any atom is 1.00 e. The van der Waals surface area contributed by atoms with Gasteiger partial charge in [0.05, 0.1) is 32.5 Å². The molecule has 0 fully saturated rings. The first kappa shape index (κ1) is 23.6. The summed E-state index contributed by atoms with van der Waals surface area (Å²) in [6.45, 7) is 1.29. The molecule has 0 spiro atoms. The Morgan fingerprint density at radius 2 is 1.70 bits per heavy atom. The van der Waals surface area contributed by atoms with Gasteiger partial charge in [-0.2, -0.15) is 0 Å². The molecule has 10 heteroatoms. The van der Waals surface area contributed by atoms with Gasteiger partial charge in [-0.3, -0.25) is 0 Å². The van der Waals surface area contributed by atoms with Crippen LogP contribution in [0, 0.1) is 0 Å². The molecule has 0 heterocycles. The molecule has 0 aliphatic carbocycles. The Morgan fingerprint density at radius 3 is 2.15 bits per heavy atom. The molecule has 0 aliphatic heterocycles. The second kappa shape index (κ2) is 14.0. The summed E-state index contributed by atoms with van der Waals surface area (Å²) >= 11 is 0. The molecule has 2 atom stereocenters. The van der Waals surface area contributed by atoms with E-state index in [0.29, 0.717) is 0 Å². The zero-order valence-corrected chi connectivity index (χ0v) is 15.8. The van der Waals surface area contributed by atoms with E-state index in [4.69, 9.17) is 24.4 Å². The van der Waals surface area contributed by atoms with Gasteiger partial charge in [0.15, 0.2) is 5.44 Å². The molecule has 2 unspecified atom stereocenters. The molecule has 0 aromatic heterocycles. The third-order valence-corrected chi connectivity index (χ3v) is 3.13. The van der Waals surface area contributed by atoms with Gasteiger partial charge in [0, 0.05) is 19.6 Å². The van der Waals surface area contributed by atoms with Crippen LogP contribution in [0.5, 0.6) is 0 Å². The topological polar surface area (TPSA) is 125 Å². The SMILES string of the molecule is CCOC(CCOCCO)C(OCCO)S(=O)(=O)[O-].[K+]. The van der Waals surface area contributed by atoms with E-state index in [1.165, 1.54) is 0 Å². The molecule has 0 rings (SSSR count). The van der Waals surface area contributed by atoms with E-state index >= 15 is 0 Å². The van der Waals surface area contributed by atoms with Crippen LogP contribution in [0.1, 0.15) is 13.3 Å². The third kappa shape index (κ3) is 11.0. The molecule has 0 saturated heterocycles. The van der Waals surface area contributed by atoms with Crippen LogP contribution in [0.4, 0.5) is 0 Å². The van der Waals surface area contributed by atoms with Crippen molar-refractivity contribution in [2.24, 2.45) is 0 Å². The Bertz CT molecular complexity index is 310. The first-order valence-electron chi connectivity index (χ1n) is 5.94. The Kier molecular flexibility index (Phi) is 16.5. The largest absolute Gasteiger partial charge is 1.00 e. The molecule has 0 aromatic carbocycles. The Balaban J connectivity index is 0. The summed E-state index contributed by atoms with van der Waals surface area (Å²) in [4.78, 5) is 0. The molecule has 0 aromatic rings. The van der Waals surface area contributed by atoms with Crippen LogP contribution in [0.15, 0.2) is 0 Å². The van der Waals surface area contributed by atoms with Gasteiger partial charge in [0.2, 0.25) is 0 Å². The van der Waals surface area contributed by atoms with E-state index < -0.39 is 28.3 Å². The van der Waals surface area contributed by atoms with Crippen molar-refractivity contribution in [3.05, 3.63) is 0 Å². The summed E-state index contributed by atoms with van der Waals surface area (Å²) in [5.41, 5.74) is -1.68. The number of rotatable bonds is 12. The van der Waals surface area contributed by atoms with E-state index in [0.717, 1.165) is 0 Å². The van der Waals surface area contributed by atoms with Crippen molar-refractivity contribution >= 4 is 10.1 Å². The van der Waals surface area contributed by atoms with Crippen LogP contribution in [0.2, 0.25) is 0 Å². The van der Waals surface area contributed by atoms with E-state index in [1.807, 2.05) is 0 Å². The number of aliphatic hydroxyl groups is 2. The Hall–Kier alpha value is 1.35. The monoisotopic (exact) mass is 340 g/mol. The van der Waals surface area contributed by atoms with Gasteiger partial charge in [-0.1, -0.05) is 0 Å². The smallest absolute Gasteiger partial charge is 0.746 e. The van der Waals surface area contributed by atoms with E-state index in [2.05, 4.69) is 0 Å². The van der Waals surface area contributed by atoms with Crippen LogP contribution < -0.4 is 51.4 Å². The summed E-state index contributed by atoms with van der Waals surface area (Å²) < 4.78 is 48.4. The van der Waals surface area contributed by atoms with Crippen molar-refractivity contribution in [3.8, 4) is 0 Å². The second-order valence-corrected chi connectivity index (χ2v) is 5.02. The molecule has 0 radical (unpaired) electrons. The van der Waals surface area contributed by atoms with Crippen molar-refractivity contribution < 1.29 is 88.8 Å². The maximum absolute atomic E-state index is 11.1. The number of hydrogen-bond acceptors (Lipinski definition) is 8. The normalized spacial score (nSPS) is 14.6. The first-order chi connectivity index (χ1) is 8.97. The van der Waals surface area contributed by atoms with Gasteiger partial charge >= 0.3 is 51.4 Å². The average molecular weight is 340 g/mol. The minimum atomic E-state index is -4.71. The molecule has 0 saturated carbocycles. The van der Waals surface area contributed by atoms with Crippen molar-refractivity contribution in [2.75, 3.05) is 39.6 Å². The zero-order valence-electron chi connectivity index (χ0n) is 11.9. The molecule has 20 heavy (non-hydrogen) atoms. The van der Waals surface area contributed by atoms with Crippen molar-refractivity contribution in [1.82, 2.24) is 0 Å².